The normalized spacial score (nSPS) is 15.3. The molecule has 1 aliphatic heterocycles. The van der Waals surface area contributed by atoms with Crippen molar-refractivity contribution in [2.75, 3.05) is 11.9 Å². The maximum atomic E-state index is 12.4. The van der Waals surface area contributed by atoms with Gasteiger partial charge in [-0.1, -0.05) is 42.0 Å². The van der Waals surface area contributed by atoms with Crippen LogP contribution in [0.5, 0.6) is 0 Å². The molecule has 132 valence electrons. The number of carbonyl (C=O) groups is 3. The zero-order valence-corrected chi connectivity index (χ0v) is 14.6. The van der Waals surface area contributed by atoms with Gasteiger partial charge in [-0.3, -0.25) is 9.59 Å². The molecule has 0 atom stereocenters. The largest absolute Gasteiger partial charge is 0.329 e. The number of rotatable bonds is 4. The number of imide groups is 1. The fourth-order valence-corrected chi connectivity index (χ4v) is 2.71. The van der Waals surface area contributed by atoms with Crippen LogP contribution in [0, 0.1) is 13.8 Å². The molecule has 2 aromatic rings. The third kappa shape index (κ3) is 3.97. The summed E-state index contributed by atoms with van der Waals surface area (Å²) in [5.41, 5.74) is 3.63. The molecule has 3 rings (SSSR count). The summed E-state index contributed by atoms with van der Waals surface area (Å²) in [4.78, 5) is 37.6. The van der Waals surface area contributed by atoms with Crippen LogP contribution in [-0.4, -0.2) is 29.3 Å². The number of carbonyl (C=O) groups excluding carboxylic acids is 3. The van der Waals surface area contributed by atoms with Crippen LogP contribution in [-0.2, 0) is 9.59 Å². The lowest BCUT2D eigenvalue weighted by atomic mass is 10.1. The van der Waals surface area contributed by atoms with Crippen molar-refractivity contribution in [2.45, 2.75) is 13.8 Å². The van der Waals surface area contributed by atoms with Crippen LogP contribution in [0.15, 0.2) is 54.2 Å². The molecular formula is C20H19N3O3. The number of aryl methyl sites for hydroxylation is 2. The molecule has 0 unspecified atom stereocenters. The van der Waals surface area contributed by atoms with Crippen molar-refractivity contribution >= 4 is 29.6 Å². The first-order valence-corrected chi connectivity index (χ1v) is 8.20. The number of amides is 4. The van der Waals surface area contributed by atoms with Gasteiger partial charge in [0.15, 0.2) is 0 Å². The first-order chi connectivity index (χ1) is 12.4. The highest BCUT2D eigenvalue weighted by atomic mass is 16.2. The van der Waals surface area contributed by atoms with Crippen LogP contribution in [0.2, 0.25) is 0 Å². The molecule has 1 fully saturated rings. The van der Waals surface area contributed by atoms with E-state index in [-0.39, 0.29) is 12.2 Å². The fourth-order valence-electron chi connectivity index (χ4n) is 2.71. The molecule has 1 aliphatic rings. The number of hydrogen-bond acceptors (Lipinski definition) is 3. The first-order valence-electron chi connectivity index (χ1n) is 8.20. The fraction of sp³-hybridized carbons (Fsp3) is 0.150. The Labute approximate surface area is 151 Å². The number of benzene rings is 2. The number of hydrogen-bond donors (Lipinski definition) is 2. The van der Waals surface area contributed by atoms with Gasteiger partial charge >= 0.3 is 6.03 Å². The standard InChI is InChI=1S/C20H19N3O3/c1-13-5-3-7-15(9-13)11-17-19(25)23(20(26)22-17)12-18(24)21-16-8-4-6-14(2)10-16/h3-11H,12H2,1-2H3,(H,21,24)(H,22,26)/b17-11+. The van der Waals surface area contributed by atoms with E-state index in [2.05, 4.69) is 10.6 Å². The van der Waals surface area contributed by atoms with Gasteiger partial charge in [-0.2, -0.15) is 0 Å². The van der Waals surface area contributed by atoms with Gasteiger partial charge in [0.2, 0.25) is 5.91 Å². The van der Waals surface area contributed by atoms with Gasteiger partial charge in [0, 0.05) is 5.69 Å². The van der Waals surface area contributed by atoms with Gasteiger partial charge in [0.1, 0.15) is 12.2 Å². The molecule has 1 heterocycles. The van der Waals surface area contributed by atoms with Crippen LogP contribution >= 0.6 is 0 Å². The Morgan fingerprint density at radius 3 is 2.46 bits per heavy atom. The molecule has 1 saturated heterocycles. The molecule has 2 aromatic carbocycles. The van der Waals surface area contributed by atoms with Crippen LogP contribution < -0.4 is 10.6 Å². The summed E-state index contributed by atoms with van der Waals surface area (Å²) in [5, 5.41) is 5.21. The van der Waals surface area contributed by atoms with Crippen LogP contribution in [0.1, 0.15) is 16.7 Å². The minimum absolute atomic E-state index is 0.156. The quantitative estimate of drug-likeness (QED) is 0.658. The minimum Gasteiger partial charge on any atom is -0.325 e. The van der Waals surface area contributed by atoms with Gasteiger partial charge in [-0.05, 0) is 43.2 Å². The van der Waals surface area contributed by atoms with Crippen LogP contribution in [0.3, 0.4) is 0 Å². The molecule has 0 aromatic heterocycles. The van der Waals surface area contributed by atoms with Crippen LogP contribution in [0.4, 0.5) is 10.5 Å². The molecule has 0 saturated carbocycles. The van der Waals surface area contributed by atoms with Crippen molar-refractivity contribution in [3.63, 3.8) is 0 Å². The Balaban J connectivity index is 1.70. The summed E-state index contributed by atoms with van der Waals surface area (Å²) in [6, 6.07) is 14.2. The Bertz CT molecular complexity index is 918. The summed E-state index contributed by atoms with van der Waals surface area (Å²) in [6.07, 6.45) is 1.60. The highest BCUT2D eigenvalue weighted by Gasteiger charge is 2.34. The summed E-state index contributed by atoms with van der Waals surface area (Å²) < 4.78 is 0. The lowest BCUT2D eigenvalue weighted by molar-refractivity contribution is -0.127. The van der Waals surface area contributed by atoms with E-state index in [1.165, 1.54) is 0 Å². The van der Waals surface area contributed by atoms with Gasteiger partial charge in [0.25, 0.3) is 5.91 Å². The van der Waals surface area contributed by atoms with E-state index in [0.29, 0.717) is 5.69 Å². The lowest BCUT2D eigenvalue weighted by Gasteiger charge is -2.12. The molecule has 2 N–H and O–H groups in total. The molecular weight excluding hydrogens is 330 g/mol. The third-order valence-electron chi connectivity index (χ3n) is 3.92. The average Bonchev–Trinajstić information content (AvgIpc) is 2.82. The van der Waals surface area contributed by atoms with E-state index in [0.717, 1.165) is 21.6 Å². The van der Waals surface area contributed by atoms with E-state index in [9.17, 15) is 14.4 Å². The highest BCUT2D eigenvalue weighted by Crippen LogP contribution is 2.15. The second-order valence-corrected chi connectivity index (χ2v) is 6.21. The van der Waals surface area contributed by atoms with Gasteiger partial charge in [-0.15, -0.1) is 0 Å². The van der Waals surface area contributed by atoms with Crippen molar-refractivity contribution in [1.82, 2.24) is 10.2 Å². The molecule has 0 radical (unpaired) electrons. The summed E-state index contributed by atoms with van der Waals surface area (Å²) in [6.45, 7) is 3.51. The SMILES string of the molecule is Cc1cccc(/C=C2/NC(=O)N(CC(=O)Nc3cccc(C)c3)C2=O)c1. The topological polar surface area (TPSA) is 78.5 Å². The number of urea groups is 1. The highest BCUT2D eigenvalue weighted by molar-refractivity contribution is 6.15. The summed E-state index contributed by atoms with van der Waals surface area (Å²) >= 11 is 0. The molecule has 26 heavy (non-hydrogen) atoms. The maximum Gasteiger partial charge on any atom is 0.329 e. The second-order valence-electron chi connectivity index (χ2n) is 6.21. The summed E-state index contributed by atoms with van der Waals surface area (Å²) in [7, 11) is 0. The average molecular weight is 349 g/mol. The predicted octanol–water partition coefficient (Wildman–Crippen LogP) is 2.83. The van der Waals surface area contributed by atoms with Crippen molar-refractivity contribution in [1.29, 1.82) is 0 Å². The number of nitrogens with zero attached hydrogens (tertiary/aromatic N) is 1. The van der Waals surface area contributed by atoms with Crippen molar-refractivity contribution < 1.29 is 14.4 Å². The zero-order chi connectivity index (χ0) is 18.7. The van der Waals surface area contributed by atoms with Crippen molar-refractivity contribution in [3.8, 4) is 0 Å². The second kappa shape index (κ2) is 7.23. The van der Waals surface area contributed by atoms with Crippen molar-refractivity contribution in [2.24, 2.45) is 0 Å². The minimum atomic E-state index is -0.603. The van der Waals surface area contributed by atoms with E-state index in [4.69, 9.17) is 0 Å². The lowest BCUT2D eigenvalue weighted by Crippen LogP contribution is -2.38. The molecule has 0 aliphatic carbocycles. The molecule has 6 nitrogen and oxygen atoms in total. The van der Waals surface area contributed by atoms with Crippen LogP contribution in [0.25, 0.3) is 6.08 Å². The van der Waals surface area contributed by atoms with E-state index >= 15 is 0 Å². The Hall–Kier alpha value is -3.41. The van der Waals surface area contributed by atoms with E-state index in [1.54, 1.807) is 12.1 Å². The molecule has 0 spiro atoms. The van der Waals surface area contributed by atoms with Gasteiger partial charge in [-0.25, -0.2) is 9.69 Å². The van der Waals surface area contributed by atoms with E-state index in [1.807, 2.05) is 56.3 Å². The molecule has 0 bridgehead atoms. The Kier molecular flexibility index (Phi) is 4.84. The Morgan fingerprint density at radius 1 is 1.08 bits per heavy atom. The Morgan fingerprint density at radius 2 is 1.77 bits per heavy atom. The van der Waals surface area contributed by atoms with Gasteiger partial charge < -0.3 is 10.6 Å². The summed E-state index contributed by atoms with van der Waals surface area (Å²) in [5.74, 6) is -0.952. The number of anilines is 1. The predicted molar refractivity (Wildman–Crippen MR) is 99.2 cm³/mol. The molecule has 4 amide bonds. The van der Waals surface area contributed by atoms with Gasteiger partial charge in [0.05, 0.1) is 0 Å². The third-order valence-corrected chi connectivity index (χ3v) is 3.92. The van der Waals surface area contributed by atoms with Crippen molar-refractivity contribution in [3.05, 3.63) is 70.9 Å². The maximum absolute atomic E-state index is 12.4. The van der Waals surface area contributed by atoms with E-state index < -0.39 is 17.8 Å². The first kappa shape index (κ1) is 17.4. The number of nitrogens with one attached hydrogen (secondary N) is 2. The molecule has 6 heteroatoms. The smallest absolute Gasteiger partial charge is 0.325 e. The zero-order valence-electron chi connectivity index (χ0n) is 14.6. The monoisotopic (exact) mass is 349 g/mol.